The van der Waals surface area contributed by atoms with E-state index >= 15 is 0 Å². The molecule has 6 aromatic rings. The van der Waals surface area contributed by atoms with Crippen molar-refractivity contribution in [3.8, 4) is 33.4 Å². The summed E-state index contributed by atoms with van der Waals surface area (Å²) < 4.78 is 37.9. The number of anilines is 2. The highest BCUT2D eigenvalue weighted by Crippen LogP contribution is 2.33. The van der Waals surface area contributed by atoms with Crippen LogP contribution in [-0.4, -0.2) is 45.7 Å². The molecule has 6 aromatic carbocycles. The first kappa shape index (κ1) is 46.9. The molecule has 0 heterocycles. The Hall–Kier alpha value is -6.76. The molecule has 61 heavy (non-hydrogen) atoms. The Morgan fingerprint density at radius 3 is 1.43 bits per heavy atom. The first-order chi connectivity index (χ1) is 28.9. The summed E-state index contributed by atoms with van der Waals surface area (Å²) in [5, 5.41) is 33.1. The number of aliphatic hydroxyl groups excluding tert-OH is 1. The number of carbonyl (C=O) groups is 4. The van der Waals surface area contributed by atoms with Crippen LogP contribution in [0, 0.1) is 6.92 Å². The number of aliphatic hydroxyl groups is 1. The van der Waals surface area contributed by atoms with Crippen molar-refractivity contribution in [3.63, 3.8) is 0 Å². The van der Waals surface area contributed by atoms with Crippen molar-refractivity contribution in [3.05, 3.63) is 166 Å². The second-order valence-electron chi connectivity index (χ2n) is 13.8. The normalized spacial score (nSPS) is 10.6. The van der Waals surface area contributed by atoms with Crippen LogP contribution in [0.2, 0.25) is 5.02 Å². The molecule has 0 aliphatic heterocycles. The van der Waals surface area contributed by atoms with Crippen molar-refractivity contribution >= 4 is 46.7 Å². The van der Waals surface area contributed by atoms with Gasteiger partial charge in [-0.3, -0.25) is 19.2 Å². The average molecular weight is 853 g/mol. The highest BCUT2D eigenvalue weighted by Gasteiger charge is 2.30. The van der Waals surface area contributed by atoms with Crippen LogP contribution in [0.3, 0.4) is 0 Å². The van der Waals surface area contributed by atoms with Crippen molar-refractivity contribution in [2.24, 2.45) is 0 Å². The maximum absolute atomic E-state index is 12.6. The predicted molar refractivity (Wildman–Crippen MR) is 232 cm³/mol. The average Bonchev–Trinajstić information content (AvgIpc) is 3.18. The lowest BCUT2D eigenvalue weighted by Crippen LogP contribution is -2.08. The molecular formula is C48H44ClF3N2O7. The molecular weight excluding hydrogens is 809 g/mol. The van der Waals surface area contributed by atoms with Crippen molar-refractivity contribution in [2.45, 2.75) is 46.2 Å². The fourth-order valence-corrected chi connectivity index (χ4v) is 6.49. The van der Waals surface area contributed by atoms with E-state index in [2.05, 4.69) is 22.8 Å². The molecule has 0 aliphatic rings. The van der Waals surface area contributed by atoms with Crippen molar-refractivity contribution in [1.82, 2.24) is 0 Å². The number of carboxylic acids is 2. The Bertz CT molecular complexity index is 2460. The molecule has 0 saturated heterocycles. The molecule has 6 rings (SSSR count). The third-order valence-electron chi connectivity index (χ3n) is 8.95. The summed E-state index contributed by atoms with van der Waals surface area (Å²) in [6.45, 7) is 4.88. The third-order valence-corrected chi connectivity index (χ3v) is 9.19. The summed E-state index contributed by atoms with van der Waals surface area (Å²) in [5.41, 5.74) is 8.65. The summed E-state index contributed by atoms with van der Waals surface area (Å²) in [4.78, 5) is 44.3. The van der Waals surface area contributed by atoms with E-state index < -0.39 is 23.7 Å². The zero-order valence-electron chi connectivity index (χ0n) is 33.5. The second kappa shape index (κ2) is 22.0. The zero-order valence-corrected chi connectivity index (χ0v) is 34.3. The standard InChI is InChI=1S/C17H14F3NO3.C17H17NO3.C14H13ClO/c1-10(22)21-14-6-7-15(12(8-14)9-16(23)24)11-2-4-13(5-3-11)17(18,19)20;1-11-3-5-13(6-4-11)16-8-7-15(18-12(2)19)9-14(16)10-17(20)21;15-13-6-7-14(12(10-13)8-9-16)11-4-2-1-3-5-11/h2-8H,9H2,1H3,(H,21,22)(H,23,24);3-9H,10H2,1-2H3,(H,18,19)(H,20,21);1-7,10,16H,8-9H2. The molecule has 0 atom stereocenters. The third kappa shape index (κ3) is 14.8. The van der Waals surface area contributed by atoms with Gasteiger partial charge in [-0.1, -0.05) is 102 Å². The topological polar surface area (TPSA) is 153 Å². The number of aliphatic carboxylic acids is 2. The number of halogens is 4. The van der Waals surface area contributed by atoms with Gasteiger partial charge in [-0.2, -0.15) is 13.2 Å². The number of nitrogens with one attached hydrogen (secondary N) is 2. The van der Waals surface area contributed by atoms with Gasteiger partial charge in [0.15, 0.2) is 0 Å². The van der Waals surface area contributed by atoms with Crippen LogP contribution in [0.15, 0.2) is 133 Å². The van der Waals surface area contributed by atoms with Crippen LogP contribution in [0.25, 0.3) is 33.4 Å². The van der Waals surface area contributed by atoms with E-state index in [9.17, 15) is 32.3 Å². The van der Waals surface area contributed by atoms with Gasteiger partial charge in [0.05, 0.1) is 18.4 Å². The Morgan fingerprint density at radius 2 is 1.00 bits per heavy atom. The van der Waals surface area contributed by atoms with Gasteiger partial charge in [0.2, 0.25) is 11.8 Å². The number of hydrogen-bond acceptors (Lipinski definition) is 5. The Labute approximate surface area is 356 Å². The minimum atomic E-state index is -4.43. The number of amides is 2. The summed E-state index contributed by atoms with van der Waals surface area (Å²) in [6, 6.07) is 38.3. The molecule has 9 nitrogen and oxygen atoms in total. The lowest BCUT2D eigenvalue weighted by atomic mass is 9.96. The lowest BCUT2D eigenvalue weighted by Gasteiger charge is -2.12. The van der Waals surface area contributed by atoms with E-state index in [1.807, 2.05) is 73.7 Å². The molecule has 5 N–H and O–H groups in total. The van der Waals surface area contributed by atoms with Gasteiger partial charge >= 0.3 is 18.1 Å². The number of alkyl halides is 3. The largest absolute Gasteiger partial charge is 0.481 e. The van der Waals surface area contributed by atoms with E-state index in [1.165, 1.54) is 32.0 Å². The zero-order chi connectivity index (χ0) is 44.7. The van der Waals surface area contributed by atoms with Gasteiger partial charge in [-0.25, -0.2) is 0 Å². The van der Waals surface area contributed by atoms with Crippen LogP contribution in [-0.2, 0) is 44.6 Å². The molecule has 0 bridgehead atoms. The van der Waals surface area contributed by atoms with Crippen LogP contribution >= 0.6 is 11.6 Å². The van der Waals surface area contributed by atoms with Gasteiger partial charge in [-0.15, -0.1) is 0 Å². The van der Waals surface area contributed by atoms with E-state index in [0.29, 0.717) is 45.1 Å². The molecule has 0 aliphatic carbocycles. The maximum Gasteiger partial charge on any atom is 0.416 e. The van der Waals surface area contributed by atoms with Gasteiger partial charge in [0.25, 0.3) is 0 Å². The lowest BCUT2D eigenvalue weighted by molar-refractivity contribution is -0.138. The minimum Gasteiger partial charge on any atom is -0.481 e. The van der Waals surface area contributed by atoms with Crippen molar-refractivity contribution in [2.75, 3.05) is 17.2 Å². The second-order valence-corrected chi connectivity index (χ2v) is 14.3. The van der Waals surface area contributed by atoms with Gasteiger partial charge < -0.3 is 26.0 Å². The number of rotatable bonds is 11. The monoisotopic (exact) mass is 852 g/mol. The van der Waals surface area contributed by atoms with Gasteiger partial charge in [0, 0.05) is 36.9 Å². The molecule has 0 spiro atoms. The highest BCUT2D eigenvalue weighted by molar-refractivity contribution is 6.30. The number of aryl methyl sites for hydroxylation is 1. The van der Waals surface area contributed by atoms with Gasteiger partial charge in [-0.05, 0) is 112 Å². The number of hydrogen-bond donors (Lipinski definition) is 5. The molecule has 0 fully saturated rings. The van der Waals surface area contributed by atoms with Crippen molar-refractivity contribution in [1.29, 1.82) is 0 Å². The fourth-order valence-electron chi connectivity index (χ4n) is 6.29. The Balaban J connectivity index is 0.000000205. The van der Waals surface area contributed by atoms with Crippen LogP contribution < -0.4 is 10.6 Å². The van der Waals surface area contributed by atoms with E-state index in [-0.39, 0.29) is 31.3 Å². The van der Waals surface area contributed by atoms with Crippen LogP contribution in [0.5, 0.6) is 0 Å². The van der Waals surface area contributed by atoms with Crippen LogP contribution in [0.1, 0.15) is 41.7 Å². The molecule has 316 valence electrons. The Morgan fingerprint density at radius 1 is 0.574 bits per heavy atom. The summed E-state index contributed by atoms with van der Waals surface area (Å²) in [5.74, 6) is -2.47. The molecule has 0 unspecified atom stereocenters. The summed E-state index contributed by atoms with van der Waals surface area (Å²) >= 11 is 5.96. The maximum atomic E-state index is 12.6. The van der Waals surface area contributed by atoms with Crippen molar-refractivity contribution < 1.29 is 47.7 Å². The highest BCUT2D eigenvalue weighted by atomic mass is 35.5. The first-order valence-corrected chi connectivity index (χ1v) is 19.2. The van der Waals surface area contributed by atoms with E-state index in [0.717, 1.165) is 45.5 Å². The summed E-state index contributed by atoms with van der Waals surface area (Å²) in [7, 11) is 0. The smallest absolute Gasteiger partial charge is 0.416 e. The van der Waals surface area contributed by atoms with Crippen LogP contribution in [0.4, 0.5) is 24.5 Å². The SMILES string of the molecule is CC(=O)Nc1ccc(-c2ccc(C(F)(F)F)cc2)c(CC(=O)O)c1.CC(=O)Nc1ccc(-c2ccc(C)cc2)c(CC(=O)O)c1.OCCc1cc(Cl)ccc1-c1ccccc1. The first-order valence-electron chi connectivity index (χ1n) is 18.9. The molecule has 0 saturated carbocycles. The number of benzene rings is 6. The predicted octanol–water partition coefficient (Wildman–Crippen LogP) is 10.7. The number of carboxylic acid groups (broad SMARTS) is 2. The molecule has 13 heteroatoms. The van der Waals surface area contributed by atoms with E-state index in [1.54, 1.807) is 24.3 Å². The molecule has 0 radical (unpaired) electrons. The van der Waals surface area contributed by atoms with E-state index in [4.69, 9.17) is 26.9 Å². The molecule has 0 aromatic heterocycles. The quantitative estimate of drug-likeness (QED) is 0.0870. The molecule has 2 amide bonds. The minimum absolute atomic E-state index is 0.0867. The van der Waals surface area contributed by atoms with Gasteiger partial charge in [0.1, 0.15) is 0 Å². The fraction of sp³-hybridized carbons (Fsp3) is 0.167. The summed E-state index contributed by atoms with van der Waals surface area (Å²) in [6.07, 6.45) is -4.21. The Kier molecular flexibility index (Phi) is 16.9. The number of carbonyl (C=O) groups excluding carboxylic acids is 2.